The van der Waals surface area contributed by atoms with E-state index in [9.17, 15) is 9.59 Å². The van der Waals surface area contributed by atoms with Crippen LogP contribution >= 0.6 is 23.1 Å². The molecule has 5 nitrogen and oxygen atoms in total. The highest BCUT2D eigenvalue weighted by Crippen LogP contribution is 2.31. The van der Waals surface area contributed by atoms with Crippen molar-refractivity contribution < 1.29 is 4.79 Å². The average Bonchev–Trinajstić information content (AvgIpc) is 3.34. The number of thiophene rings is 1. The van der Waals surface area contributed by atoms with Crippen LogP contribution in [0.1, 0.15) is 25.7 Å². The van der Waals surface area contributed by atoms with Gasteiger partial charge in [-0.1, -0.05) is 54.9 Å². The lowest BCUT2D eigenvalue weighted by Gasteiger charge is -2.12. The zero-order chi connectivity index (χ0) is 18.8. The van der Waals surface area contributed by atoms with E-state index < -0.39 is 0 Å². The van der Waals surface area contributed by atoms with Crippen molar-refractivity contribution >= 4 is 39.2 Å². The van der Waals surface area contributed by atoms with Gasteiger partial charge >= 0.3 is 0 Å². The van der Waals surface area contributed by atoms with E-state index in [1.165, 1.54) is 35.9 Å². The standard InChI is InChI=1S/C20H21N3O2S2/c1-23-19(25)18-15(11-16(27-18)13-7-3-2-4-8-13)22-20(23)26-12-17(24)21-14-9-5-6-10-14/h2-4,7-8,11,14H,5-6,9-10,12H2,1H3,(H,21,24). The van der Waals surface area contributed by atoms with Gasteiger partial charge in [0, 0.05) is 18.0 Å². The van der Waals surface area contributed by atoms with Gasteiger partial charge in [-0.15, -0.1) is 11.3 Å². The Bertz CT molecular complexity index is 1020. The molecular weight excluding hydrogens is 378 g/mol. The van der Waals surface area contributed by atoms with Gasteiger partial charge in [0.25, 0.3) is 5.56 Å². The van der Waals surface area contributed by atoms with Crippen molar-refractivity contribution in [2.45, 2.75) is 36.9 Å². The number of thioether (sulfide) groups is 1. The molecule has 0 atom stereocenters. The molecule has 7 heteroatoms. The Morgan fingerprint density at radius 2 is 2.04 bits per heavy atom. The first kappa shape index (κ1) is 18.3. The van der Waals surface area contributed by atoms with E-state index in [4.69, 9.17) is 0 Å². The number of carbonyl (C=O) groups is 1. The molecular formula is C20H21N3O2S2. The van der Waals surface area contributed by atoms with Crippen LogP contribution in [-0.4, -0.2) is 27.3 Å². The molecule has 1 N–H and O–H groups in total. The first-order valence-electron chi connectivity index (χ1n) is 9.10. The largest absolute Gasteiger partial charge is 0.353 e. The summed E-state index contributed by atoms with van der Waals surface area (Å²) in [7, 11) is 1.72. The molecule has 1 aliphatic carbocycles. The van der Waals surface area contributed by atoms with Crippen molar-refractivity contribution in [3.05, 3.63) is 46.8 Å². The highest BCUT2D eigenvalue weighted by molar-refractivity contribution is 7.99. The fourth-order valence-corrected chi connectivity index (χ4v) is 5.24. The minimum atomic E-state index is -0.0640. The molecule has 1 amide bonds. The predicted octanol–water partition coefficient (Wildman–Crippen LogP) is 3.81. The summed E-state index contributed by atoms with van der Waals surface area (Å²) < 4.78 is 2.19. The van der Waals surface area contributed by atoms with Gasteiger partial charge in [-0.2, -0.15) is 0 Å². The Morgan fingerprint density at radius 3 is 2.78 bits per heavy atom. The van der Waals surface area contributed by atoms with Gasteiger partial charge in [0.2, 0.25) is 5.91 Å². The zero-order valence-electron chi connectivity index (χ0n) is 15.1. The normalized spacial score (nSPS) is 14.7. The van der Waals surface area contributed by atoms with Crippen molar-refractivity contribution in [3.63, 3.8) is 0 Å². The van der Waals surface area contributed by atoms with Crippen LogP contribution in [-0.2, 0) is 11.8 Å². The number of nitrogens with zero attached hydrogens (tertiary/aromatic N) is 2. The average molecular weight is 400 g/mol. The summed E-state index contributed by atoms with van der Waals surface area (Å²) in [4.78, 5) is 30.6. The molecule has 1 aromatic carbocycles. The number of aromatic nitrogens is 2. The molecule has 0 radical (unpaired) electrons. The Balaban J connectivity index is 1.55. The van der Waals surface area contributed by atoms with Crippen molar-refractivity contribution in [2.75, 3.05) is 5.75 Å². The quantitative estimate of drug-likeness (QED) is 0.523. The smallest absolute Gasteiger partial charge is 0.271 e. The summed E-state index contributed by atoms with van der Waals surface area (Å²) in [5.74, 6) is 0.286. The highest BCUT2D eigenvalue weighted by Gasteiger charge is 2.18. The van der Waals surface area contributed by atoms with E-state index in [0.717, 1.165) is 23.3 Å². The number of carbonyl (C=O) groups excluding carboxylic acids is 1. The molecule has 1 aliphatic rings. The number of rotatable bonds is 5. The van der Waals surface area contributed by atoms with Gasteiger partial charge in [-0.25, -0.2) is 4.98 Å². The maximum atomic E-state index is 12.7. The zero-order valence-corrected chi connectivity index (χ0v) is 16.7. The van der Waals surface area contributed by atoms with Crippen LogP contribution in [0.15, 0.2) is 46.3 Å². The lowest BCUT2D eigenvalue weighted by molar-refractivity contribution is -0.119. The maximum Gasteiger partial charge on any atom is 0.271 e. The van der Waals surface area contributed by atoms with Gasteiger partial charge in [0.15, 0.2) is 5.16 Å². The van der Waals surface area contributed by atoms with E-state index in [1.54, 1.807) is 11.6 Å². The molecule has 140 valence electrons. The van der Waals surface area contributed by atoms with Crippen LogP contribution in [0.4, 0.5) is 0 Å². The summed E-state index contributed by atoms with van der Waals surface area (Å²) in [5, 5.41) is 3.65. The lowest BCUT2D eigenvalue weighted by atomic mass is 10.2. The fraction of sp³-hybridized carbons (Fsp3) is 0.350. The van der Waals surface area contributed by atoms with E-state index in [-0.39, 0.29) is 17.2 Å². The lowest BCUT2D eigenvalue weighted by Crippen LogP contribution is -2.34. The Hall–Kier alpha value is -2.12. The molecule has 1 saturated carbocycles. The SMILES string of the molecule is Cn1c(SCC(=O)NC2CCCC2)nc2cc(-c3ccccc3)sc2c1=O. The number of benzene rings is 1. The second-order valence-electron chi connectivity index (χ2n) is 6.79. The van der Waals surface area contributed by atoms with Crippen LogP contribution in [0, 0.1) is 0 Å². The molecule has 0 spiro atoms. The van der Waals surface area contributed by atoms with E-state index in [0.29, 0.717) is 21.4 Å². The maximum absolute atomic E-state index is 12.7. The molecule has 0 saturated heterocycles. The summed E-state index contributed by atoms with van der Waals surface area (Å²) >= 11 is 2.78. The fourth-order valence-electron chi connectivity index (χ4n) is 3.38. The van der Waals surface area contributed by atoms with Crippen LogP contribution in [0.3, 0.4) is 0 Å². The molecule has 2 aromatic heterocycles. The number of amides is 1. The molecule has 3 aromatic rings. The third kappa shape index (κ3) is 3.94. The van der Waals surface area contributed by atoms with Gasteiger partial charge in [-0.3, -0.25) is 14.2 Å². The van der Waals surface area contributed by atoms with Crippen LogP contribution in [0.2, 0.25) is 0 Å². The van der Waals surface area contributed by atoms with Crippen LogP contribution in [0.25, 0.3) is 20.7 Å². The van der Waals surface area contributed by atoms with Gasteiger partial charge in [0.05, 0.1) is 11.3 Å². The van der Waals surface area contributed by atoms with Gasteiger partial charge < -0.3 is 5.32 Å². The first-order valence-corrected chi connectivity index (χ1v) is 10.9. The van der Waals surface area contributed by atoms with Gasteiger partial charge in [-0.05, 0) is 24.5 Å². The third-order valence-electron chi connectivity index (χ3n) is 4.83. The van der Waals surface area contributed by atoms with Gasteiger partial charge in [0.1, 0.15) is 4.70 Å². The molecule has 1 fully saturated rings. The summed E-state index contributed by atoms with van der Waals surface area (Å²) in [6, 6.07) is 12.3. The van der Waals surface area contributed by atoms with Crippen molar-refractivity contribution in [1.82, 2.24) is 14.9 Å². The Kier molecular flexibility index (Phi) is 5.31. The first-order chi connectivity index (χ1) is 13.1. The Morgan fingerprint density at radius 1 is 1.30 bits per heavy atom. The highest BCUT2D eigenvalue weighted by atomic mass is 32.2. The summed E-state index contributed by atoms with van der Waals surface area (Å²) in [5.41, 5.74) is 1.71. The summed E-state index contributed by atoms with van der Waals surface area (Å²) in [6.07, 6.45) is 4.51. The van der Waals surface area contributed by atoms with E-state index in [2.05, 4.69) is 10.3 Å². The topological polar surface area (TPSA) is 64.0 Å². The monoisotopic (exact) mass is 399 g/mol. The molecule has 0 unspecified atom stereocenters. The molecule has 27 heavy (non-hydrogen) atoms. The molecule has 0 bridgehead atoms. The van der Waals surface area contributed by atoms with Crippen molar-refractivity contribution in [3.8, 4) is 10.4 Å². The second kappa shape index (κ2) is 7.86. The summed E-state index contributed by atoms with van der Waals surface area (Å²) in [6.45, 7) is 0. The molecule has 4 rings (SSSR count). The van der Waals surface area contributed by atoms with Crippen LogP contribution < -0.4 is 10.9 Å². The van der Waals surface area contributed by atoms with E-state index in [1.807, 2.05) is 36.4 Å². The van der Waals surface area contributed by atoms with E-state index >= 15 is 0 Å². The minimum Gasteiger partial charge on any atom is -0.353 e. The number of nitrogens with one attached hydrogen (secondary N) is 1. The number of hydrogen-bond acceptors (Lipinski definition) is 5. The van der Waals surface area contributed by atoms with Crippen LogP contribution in [0.5, 0.6) is 0 Å². The van der Waals surface area contributed by atoms with Crippen molar-refractivity contribution in [1.29, 1.82) is 0 Å². The third-order valence-corrected chi connectivity index (χ3v) is 7.02. The predicted molar refractivity (Wildman–Crippen MR) is 111 cm³/mol. The second-order valence-corrected chi connectivity index (χ2v) is 8.78. The minimum absolute atomic E-state index is 0.0107. The van der Waals surface area contributed by atoms with Crippen molar-refractivity contribution in [2.24, 2.45) is 7.05 Å². The Labute approximate surface area is 165 Å². The molecule has 2 heterocycles. The number of hydrogen-bond donors (Lipinski definition) is 1. The number of fused-ring (bicyclic) bond motifs is 1. The molecule has 0 aliphatic heterocycles.